The number of thiocarbonyl (C=S) groups is 1. The van der Waals surface area contributed by atoms with Gasteiger partial charge in [-0.25, -0.2) is 0 Å². The molecule has 7 nitrogen and oxygen atoms in total. The lowest BCUT2D eigenvalue weighted by Gasteiger charge is -2.36. The lowest BCUT2D eigenvalue weighted by molar-refractivity contribution is -0.122. The predicted octanol–water partition coefficient (Wildman–Crippen LogP) is 5.89. The molecule has 0 unspecified atom stereocenters. The molecule has 0 spiro atoms. The average molecular weight is 573 g/mol. The van der Waals surface area contributed by atoms with E-state index in [4.69, 9.17) is 16.6 Å². The number of anilines is 1. The fraction of sp³-hybridized carbons (Fsp3) is 0.355. The second-order valence-corrected chi connectivity index (χ2v) is 11.9. The highest BCUT2D eigenvalue weighted by Gasteiger charge is 2.34. The van der Waals surface area contributed by atoms with E-state index < -0.39 is 0 Å². The monoisotopic (exact) mass is 572 g/mol. The summed E-state index contributed by atoms with van der Waals surface area (Å²) in [6.07, 6.45) is 7.18. The van der Waals surface area contributed by atoms with E-state index in [-0.39, 0.29) is 23.6 Å². The molecule has 2 fully saturated rings. The van der Waals surface area contributed by atoms with Crippen molar-refractivity contribution in [3.8, 4) is 6.07 Å². The van der Waals surface area contributed by atoms with Gasteiger partial charge in [0.15, 0.2) is 0 Å². The number of carbonyl (C=O) groups excluding carboxylic acids is 1. The Morgan fingerprint density at radius 3 is 2.55 bits per heavy atom. The van der Waals surface area contributed by atoms with Crippen LogP contribution in [0.25, 0.3) is 6.08 Å². The lowest BCUT2D eigenvalue weighted by atomic mass is 9.90. The second kappa shape index (κ2) is 12.3. The van der Waals surface area contributed by atoms with Gasteiger partial charge < -0.3 is 9.32 Å². The highest BCUT2D eigenvalue weighted by atomic mass is 32.2. The summed E-state index contributed by atoms with van der Waals surface area (Å²) < 4.78 is 7.62. The first-order valence-corrected chi connectivity index (χ1v) is 14.9. The Balaban J connectivity index is 1.50. The largest absolute Gasteiger partial charge is 0.467 e. The zero-order valence-electron chi connectivity index (χ0n) is 22.8. The van der Waals surface area contributed by atoms with Crippen LogP contribution in [0.5, 0.6) is 0 Å². The Morgan fingerprint density at radius 1 is 1.15 bits per heavy atom. The molecule has 0 radical (unpaired) electrons. The molecule has 0 atom stereocenters. The van der Waals surface area contributed by atoms with E-state index in [1.807, 2.05) is 25.1 Å². The van der Waals surface area contributed by atoms with Gasteiger partial charge in [0.05, 0.1) is 17.7 Å². The molecule has 2 aromatic heterocycles. The topological polar surface area (TPSA) is 82.5 Å². The third-order valence-electron chi connectivity index (χ3n) is 7.62. The van der Waals surface area contributed by atoms with Crippen molar-refractivity contribution >= 4 is 46.1 Å². The minimum absolute atomic E-state index is 0.119. The zero-order chi connectivity index (χ0) is 28.2. The Hall–Kier alpha value is -3.61. The number of rotatable bonds is 8. The molecule has 0 N–H and O–H groups in total. The molecule has 2 aliphatic heterocycles. The molecule has 2 aliphatic rings. The van der Waals surface area contributed by atoms with E-state index >= 15 is 0 Å². The number of nitriles is 1. The Kier molecular flexibility index (Phi) is 8.57. The summed E-state index contributed by atoms with van der Waals surface area (Å²) in [5.41, 5.74) is 2.52. The predicted molar refractivity (Wildman–Crippen MR) is 163 cm³/mol. The van der Waals surface area contributed by atoms with E-state index in [1.54, 1.807) is 23.8 Å². The maximum absolute atomic E-state index is 13.5. The summed E-state index contributed by atoms with van der Waals surface area (Å²) >= 11 is 6.79. The minimum Gasteiger partial charge on any atom is -0.467 e. The van der Waals surface area contributed by atoms with Gasteiger partial charge in [-0.15, -0.1) is 0 Å². The second-order valence-electron chi connectivity index (χ2n) is 10.3. The first-order valence-electron chi connectivity index (χ1n) is 13.6. The number of nitrogens with zero attached hydrogens (tertiary/aromatic N) is 4. The van der Waals surface area contributed by atoms with Crippen molar-refractivity contribution in [2.75, 3.05) is 18.0 Å². The molecule has 40 heavy (non-hydrogen) atoms. The Labute approximate surface area is 244 Å². The maximum atomic E-state index is 13.5. The highest BCUT2D eigenvalue weighted by Crippen LogP contribution is 2.37. The normalized spacial score (nSPS) is 17.2. The highest BCUT2D eigenvalue weighted by molar-refractivity contribution is 8.26. The van der Waals surface area contributed by atoms with Crippen LogP contribution in [-0.2, 0) is 24.3 Å². The number of piperidine rings is 1. The molecule has 4 heterocycles. The molecule has 0 aliphatic carbocycles. The molecule has 2 saturated heterocycles. The van der Waals surface area contributed by atoms with Crippen LogP contribution in [0, 0.1) is 24.2 Å². The molecule has 1 aromatic carbocycles. The van der Waals surface area contributed by atoms with Gasteiger partial charge in [-0.05, 0) is 67.9 Å². The van der Waals surface area contributed by atoms with Crippen LogP contribution in [0.15, 0.2) is 62.8 Å². The van der Waals surface area contributed by atoms with Gasteiger partial charge in [0.25, 0.3) is 11.5 Å². The molecule has 1 amide bonds. The molecule has 0 bridgehead atoms. The van der Waals surface area contributed by atoms with Gasteiger partial charge in [-0.2, -0.15) is 5.26 Å². The van der Waals surface area contributed by atoms with Gasteiger partial charge in [-0.1, -0.05) is 61.2 Å². The summed E-state index contributed by atoms with van der Waals surface area (Å²) in [5.74, 6) is 1.80. The Morgan fingerprint density at radius 2 is 1.90 bits per heavy atom. The van der Waals surface area contributed by atoms with E-state index in [1.165, 1.54) is 22.2 Å². The molecule has 206 valence electrons. The number of aromatic nitrogens is 1. The van der Waals surface area contributed by atoms with Crippen LogP contribution in [0.2, 0.25) is 0 Å². The van der Waals surface area contributed by atoms with E-state index in [9.17, 15) is 14.9 Å². The molecule has 9 heteroatoms. The number of hydrogen-bond acceptors (Lipinski definition) is 7. The average Bonchev–Trinajstić information content (AvgIpc) is 3.57. The van der Waals surface area contributed by atoms with Crippen LogP contribution in [0.4, 0.5) is 5.82 Å². The van der Waals surface area contributed by atoms with Crippen molar-refractivity contribution in [2.24, 2.45) is 5.92 Å². The summed E-state index contributed by atoms with van der Waals surface area (Å²) in [5, 5.41) is 9.92. The van der Waals surface area contributed by atoms with Crippen LogP contribution in [0.3, 0.4) is 0 Å². The third-order valence-corrected chi connectivity index (χ3v) is 9.00. The van der Waals surface area contributed by atoms with E-state index in [2.05, 4.69) is 35.2 Å². The van der Waals surface area contributed by atoms with Crippen LogP contribution in [0.1, 0.15) is 54.2 Å². The zero-order valence-corrected chi connectivity index (χ0v) is 24.4. The number of hydrogen-bond donors (Lipinski definition) is 0. The third kappa shape index (κ3) is 5.65. The molecular formula is C31H32N4O3S2. The van der Waals surface area contributed by atoms with Gasteiger partial charge in [0, 0.05) is 25.2 Å². The quantitative estimate of drug-likeness (QED) is 0.246. The molecule has 5 rings (SSSR count). The number of furan rings is 1. The SMILES string of the molecule is CCCn1c(N2CCC(Cc3ccccc3)CC2)c(/C=C2/SC(=S)N(Cc3ccco3)C2=O)c(C)c(C#N)c1=O. The van der Waals surface area contributed by atoms with Gasteiger partial charge >= 0.3 is 0 Å². The van der Waals surface area contributed by atoms with Gasteiger partial charge in [0.1, 0.15) is 27.5 Å². The minimum atomic E-state index is -0.272. The number of carbonyl (C=O) groups is 1. The Bertz CT molecular complexity index is 1530. The van der Waals surface area contributed by atoms with Crippen LogP contribution in [-0.4, -0.2) is 32.8 Å². The van der Waals surface area contributed by atoms with Crippen molar-refractivity contribution in [3.63, 3.8) is 0 Å². The van der Waals surface area contributed by atoms with Crippen molar-refractivity contribution in [1.29, 1.82) is 5.26 Å². The van der Waals surface area contributed by atoms with Gasteiger partial charge in [-0.3, -0.25) is 19.1 Å². The van der Waals surface area contributed by atoms with Crippen molar-refractivity contribution in [2.45, 2.75) is 52.6 Å². The fourth-order valence-corrected chi connectivity index (χ4v) is 6.77. The summed E-state index contributed by atoms with van der Waals surface area (Å²) in [4.78, 5) is 31.2. The number of amides is 1. The molecule has 0 saturated carbocycles. The first-order chi connectivity index (χ1) is 19.4. The lowest BCUT2D eigenvalue weighted by Crippen LogP contribution is -2.40. The van der Waals surface area contributed by atoms with Gasteiger partial charge in [0.2, 0.25) is 0 Å². The standard InChI is InChI=1S/C31H32N4O3S2/c1-3-13-34-28(33-14-11-23(12-15-33)17-22-8-5-4-6-9-22)25(21(2)26(19-32)29(34)36)18-27-30(37)35(31(39)40-27)20-24-10-7-16-38-24/h4-10,16,18,23H,3,11-15,17,20H2,1-2H3/b27-18+. The van der Waals surface area contributed by atoms with Crippen molar-refractivity contribution < 1.29 is 9.21 Å². The first kappa shape index (κ1) is 27.9. The molecule has 3 aromatic rings. The van der Waals surface area contributed by atoms with Crippen LogP contribution < -0.4 is 10.5 Å². The summed E-state index contributed by atoms with van der Waals surface area (Å²) in [6.45, 7) is 6.17. The number of benzene rings is 1. The fourth-order valence-electron chi connectivity index (χ4n) is 5.54. The summed E-state index contributed by atoms with van der Waals surface area (Å²) in [6, 6.07) is 16.3. The number of pyridine rings is 1. The maximum Gasteiger partial charge on any atom is 0.270 e. The van der Waals surface area contributed by atoms with E-state index in [0.29, 0.717) is 33.0 Å². The number of thioether (sulfide) groups is 1. The van der Waals surface area contributed by atoms with E-state index in [0.717, 1.165) is 50.2 Å². The van der Waals surface area contributed by atoms with Crippen molar-refractivity contribution in [3.05, 3.63) is 92.0 Å². The summed E-state index contributed by atoms with van der Waals surface area (Å²) in [7, 11) is 0. The smallest absolute Gasteiger partial charge is 0.270 e. The molecular weight excluding hydrogens is 541 g/mol. The van der Waals surface area contributed by atoms with Crippen molar-refractivity contribution in [1.82, 2.24) is 9.47 Å². The van der Waals surface area contributed by atoms with Crippen LogP contribution >= 0.6 is 24.0 Å².